The summed E-state index contributed by atoms with van der Waals surface area (Å²) in [6.07, 6.45) is 1.93. The molecular formula is C14H17BrClNO2. The van der Waals surface area contributed by atoms with Crippen molar-refractivity contribution in [2.45, 2.75) is 25.4 Å². The van der Waals surface area contributed by atoms with Gasteiger partial charge in [0.05, 0.1) is 5.60 Å². The van der Waals surface area contributed by atoms with E-state index >= 15 is 0 Å². The van der Waals surface area contributed by atoms with Crippen molar-refractivity contribution in [1.29, 1.82) is 0 Å². The number of benzene rings is 1. The van der Waals surface area contributed by atoms with Gasteiger partial charge in [0.25, 0.3) is 5.91 Å². The minimum Gasteiger partial charge on any atom is -0.377 e. The number of rotatable bonds is 2. The molecular weight excluding hydrogens is 330 g/mol. The summed E-state index contributed by atoms with van der Waals surface area (Å²) in [7, 11) is 1.70. The third-order valence-corrected chi connectivity index (χ3v) is 4.22. The average Bonchev–Trinajstić information content (AvgIpc) is 2.37. The van der Waals surface area contributed by atoms with Crippen LogP contribution in [0.4, 0.5) is 0 Å². The largest absolute Gasteiger partial charge is 0.377 e. The fourth-order valence-electron chi connectivity index (χ4n) is 2.41. The smallest absolute Gasteiger partial charge is 0.254 e. The van der Waals surface area contributed by atoms with Crippen LogP contribution in [0.15, 0.2) is 22.7 Å². The fraction of sp³-hybridized carbons (Fsp3) is 0.500. The van der Waals surface area contributed by atoms with E-state index in [0.29, 0.717) is 17.1 Å². The predicted octanol–water partition coefficient (Wildman–Crippen LogP) is 3.74. The lowest BCUT2D eigenvalue weighted by Gasteiger charge is -2.39. The molecule has 1 aliphatic rings. The van der Waals surface area contributed by atoms with E-state index in [1.54, 1.807) is 25.3 Å². The molecule has 0 aromatic heterocycles. The highest BCUT2D eigenvalue weighted by molar-refractivity contribution is 9.10. The summed E-state index contributed by atoms with van der Waals surface area (Å²) in [6.45, 7) is 3.43. The zero-order chi connectivity index (χ0) is 14.0. The molecule has 1 aromatic rings. The molecule has 1 amide bonds. The highest BCUT2D eigenvalue weighted by Crippen LogP contribution is 2.26. The highest BCUT2D eigenvalue weighted by Gasteiger charge is 2.33. The van der Waals surface area contributed by atoms with Crippen molar-refractivity contribution in [2.24, 2.45) is 0 Å². The first kappa shape index (κ1) is 14.8. The molecule has 2 rings (SSSR count). The Kier molecular flexibility index (Phi) is 4.54. The zero-order valence-electron chi connectivity index (χ0n) is 11.1. The van der Waals surface area contributed by atoms with E-state index in [4.69, 9.17) is 16.3 Å². The quantitative estimate of drug-likeness (QED) is 0.816. The van der Waals surface area contributed by atoms with Crippen LogP contribution in [0, 0.1) is 0 Å². The summed E-state index contributed by atoms with van der Waals surface area (Å²) in [5.41, 5.74) is 0.365. The molecule has 1 aromatic carbocycles. The Morgan fingerprint density at radius 1 is 1.47 bits per heavy atom. The summed E-state index contributed by atoms with van der Waals surface area (Å²) < 4.78 is 6.33. The summed E-state index contributed by atoms with van der Waals surface area (Å²) in [6, 6.07) is 5.27. The molecule has 0 aliphatic carbocycles. The second-order valence-corrected chi connectivity index (χ2v) is 6.49. The molecule has 1 aliphatic heterocycles. The Hall–Kier alpha value is -0.580. The molecule has 1 atom stereocenters. The molecule has 5 heteroatoms. The number of carbonyl (C=O) groups excluding carboxylic acids is 1. The summed E-state index contributed by atoms with van der Waals surface area (Å²) in [5, 5.41) is 0.559. The SMILES string of the molecule is COC1(C)CCCN(C(=O)c2cc(Cl)cc(Br)c2)C1. The van der Waals surface area contributed by atoms with Crippen LogP contribution in [0.5, 0.6) is 0 Å². The van der Waals surface area contributed by atoms with Crippen LogP contribution in [0.2, 0.25) is 5.02 Å². The Morgan fingerprint density at radius 2 is 2.21 bits per heavy atom. The molecule has 19 heavy (non-hydrogen) atoms. The summed E-state index contributed by atoms with van der Waals surface area (Å²) in [5.74, 6) is 0.00572. The van der Waals surface area contributed by atoms with Gasteiger partial charge in [-0.05, 0) is 38.0 Å². The van der Waals surface area contributed by atoms with Crippen molar-refractivity contribution in [3.63, 3.8) is 0 Å². The van der Waals surface area contributed by atoms with Gasteiger partial charge in [0.15, 0.2) is 0 Å². The van der Waals surface area contributed by atoms with Crippen LogP contribution < -0.4 is 0 Å². The predicted molar refractivity (Wildman–Crippen MR) is 79.7 cm³/mol. The minimum absolute atomic E-state index is 0.00572. The van der Waals surface area contributed by atoms with Crippen LogP contribution in [-0.4, -0.2) is 36.6 Å². The molecule has 0 saturated carbocycles. The molecule has 1 heterocycles. The molecule has 0 bridgehead atoms. The first-order valence-electron chi connectivity index (χ1n) is 6.24. The molecule has 3 nitrogen and oxygen atoms in total. The maximum atomic E-state index is 12.5. The lowest BCUT2D eigenvalue weighted by Crippen LogP contribution is -2.49. The van der Waals surface area contributed by atoms with Gasteiger partial charge in [0, 0.05) is 35.3 Å². The van der Waals surface area contributed by atoms with Crippen molar-refractivity contribution in [3.05, 3.63) is 33.3 Å². The number of hydrogen-bond acceptors (Lipinski definition) is 2. The number of hydrogen-bond donors (Lipinski definition) is 0. The molecule has 0 radical (unpaired) electrons. The van der Waals surface area contributed by atoms with Gasteiger partial charge in [0.2, 0.25) is 0 Å². The molecule has 0 spiro atoms. The van der Waals surface area contributed by atoms with Gasteiger partial charge in [-0.1, -0.05) is 27.5 Å². The Bertz CT molecular complexity index is 474. The van der Waals surface area contributed by atoms with Crippen LogP contribution >= 0.6 is 27.5 Å². The summed E-state index contributed by atoms with van der Waals surface area (Å²) in [4.78, 5) is 14.3. The van der Waals surface area contributed by atoms with Crippen LogP contribution in [0.3, 0.4) is 0 Å². The third-order valence-electron chi connectivity index (χ3n) is 3.55. The first-order valence-corrected chi connectivity index (χ1v) is 7.41. The third kappa shape index (κ3) is 3.50. The topological polar surface area (TPSA) is 29.5 Å². The van der Waals surface area contributed by atoms with Gasteiger partial charge in [-0.15, -0.1) is 0 Å². The lowest BCUT2D eigenvalue weighted by atomic mass is 9.94. The molecule has 1 saturated heterocycles. The van der Waals surface area contributed by atoms with Crippen LogP contribution in [-0.2, 0) is 4.74 Å². The Balaban J connectivity index is 2.19. The normalized spacial score (nSPS) is 23.5. The fourth-order valence-corrected chi connectivity index (χ4v) is 3.27. The Morgan fingerprint density at radius 3 is 2.84 bits per heavy atom. The van der Waals surface area contributed by atoms with Gasteiger partial charge < -0.3 is 9.64 Å². The minimum atomic E-state index is -0.246. The number of ether oxygens (including phenoxy) is 1. The van der Waals surface area contributed by atoms with Gasteiger partial charge >= 0.3 is 0 Å². The van der Waals surface area contributed by atoms with E-state index in [1.807, 2.05) is 11.8 Å². The van der Waals surface area contributed by atoms with Crippen molar-refractivity contribution >= 4 is 33.4 Å². The van der Waals surface area contributed by atoms with Crippen LogP contribution in [0.25, 0.3) is 0 Å². The first-order chi connectivity index (χ1) is 8.93. The van der Waals surface area contributed by atoms with E-state index < -0.39 is 0 Å². The second kappa shape index (κ2) is 5.81. The Labute approximate surface area is 127 Å². The highest BCUT2D eigenvalue weighted by atomic mass is 79.9. The van der Waals surface area contributed by atoms with E-state index in [2.05, 4.69) is 15.9 Å². The number of amides is 1. The lowest BCUT2D eigenvalue weighted by molar-refractivity contribution is -0.0440. The molecule has 0 N–H and O–H groups in total. The molecule has 104 valence electrons. The number of likely N-dealkylation sites (tertiary alicyclic amines) is 1. The van der Waals surface area contributed by atoms with E-state index in [-0.39, 0.29) is 11.5 Å². The number of nitrogens with zero attached hydrogens (tertiary/aromatic N) is 1. The van der Waals surface area contributed by atoms with Gasteiger partial charge in [-0.25, -0.2) is 0 Å². The van der Waals surface area contributed by atoms with Gasteiger partial charge in [-0.2, -0.15) is 0 Å². The summed E-state index contributed by atoms with van der Waals surface area (Å²) >= 11 is 9.35. The zero-order valence-corrected chi connectivity index (χ0v) is 13.4. The number of piperidine rings is 1. The van der Waals surface area contributed by atoms with E-state index in [1.165, 1.54) is 0 Å². The van der Waals surface area contributed by atoms with Gasteiger partial charge in [0.1, 0.15) is 0 Å². The number of carbonyl (C=O) groups is 1. The molecule has 1 unspecified atom stereocenters. The average molecular weight is 347 g/mol. The van der Waals surface area contributed by atoms with E-state index in [0.717, 1.165) is 23.9 Å². The second-order valence-electron chi connectivity index (χ2n) is 5.14. The van der Waals surface area contributed by atoms with Crippen molar-refractivity contribution < 1.29 is 9.53 Å². The van der Waals surface area contributed by atoms with Crippen LogP contribution in [0.1, 0.15) is 30.1 Å². The van der Waals surface area contributed by atoms with E-state index in [9.17, 15) is 4.79 Å². The monoisotopic (exact) mass is 345 g/mol. The van der Waals surface area contributed by atoms with Crippen molar-refractivity contribution in [1.82, 2.24) is 4.90 Å². The van der Waals surface area contributed by atoms with Crippen molar-refractivity contribution in [3.8, 4) is 0 Å². The number of methoxy groups -OCH3 is 1. The van der Waals surface area contributed by atoms with Gasteiger partial charge in [-0.3, -0.25) is 4.79 Å². The maximum absolute atomic E-state index is 12.5. The molecule has 1 fully saturated rings. The number of halogens is 2. The van der Waals surface area contributed by atoms with Crippen molar-refractivity contribution in [2.75, 3.05) is 20.2 Å². The standard InChI is InChI=1S/C14H17BrClNO2/c1-14(19-2)4-3-5-17(9-14)13(18)10-6-11(15)8-12(16)7-10/h6-8H,3-5,9H2,1-2H3. The maximum Gasteiger partial charge on any atom is 0.254 e.